The molecular weight excluding hydrogens is 275 g/mol. The summed E-state index contributed by atoms with van der Waals surface area (Å²) in [5.41, 5.74) is 6.53. The quantitative estimate of drug-likeness (QED) is 0.875. The van der Waals surface area contributed by atoms with Gasteiger partial charge in [0.2, 0.25) is 0 Å². The van der Waals surface area contributed by atoms with Gasteiger partial charge in [-0.25, -0.2) is 0 Å². The molecule has 4 atom stereocenters. The molecule has 2 aliphatic carbocycles. The molecule has 0 heterocycles. The van der Waals surface area contributed by atoms with Gasteiger partial charge in [-0.05, 0) is 67.6 Å². The first-order chi connectivity index (χ1) is 9.91. The van der Waals surface area contributed by atoms with Crippen molar-refractivity contribution in [1.82, 2.24) is 0 Å². The molecule has 0 aliphatic heterocycles. The van der Waals surface area contributed by atoms with Crippen LogP contribution >= 0.6 is 0 Å². The lowest BCUT2D eigenvalue weighted by atomic mass is 9.83. The Morgan fingerprint density at radius 1 is 1.10 bits per heavy atom. The van der Waals surface area contributed by atoms with Crippen molar-refractivity contribution < 1.29 is 13.2 Å². The van der Waals surface area contributed by atoms with Crippen LogP contribution in [0.2, 0.25) is 0 Å². The van der Waals surface area contributed by atoms with E-state index >= 15 is 0 Å². The summed E-state index contributed by atoms with van der Waals surface area (Å²) in [6, 6.07) is 5.48. The van der Waals surface area contributed by atoms with Crippen LogP contribution in [0.15, 0.2) is 24.3 Å². The van der Waals surface area contributed by atoms with E-state index in [2.05, 4.69) is 0 Å². The maximum atomic E-state index is 12.5. The molecule has 116 valence electrons. The van der Waals surface area contributed by atoms with E-state index in [1.54, 1.807) is 12.1 Å². The lowest BCUT2D eigenvalue weighted by molar-refractivity contribution is -0.137. The Kier molecular flexibility index (Phi) is 4.00. The molecule has 2 saturated carbocycles. The van der Waals surface area contributed by atoms with E-state index < -0.39 is 11.7 Å². The zero-order chi connectivity index (χ0) is 15.0. The highest BCUT2D eigenvalue weighted by Crippen LogP contribution is 2.49. The molecule has 21 heavy (non-hydrogen) atoms. The summed E-state index contributed by atoms with van der Waals surface area (Å²) in [6.45, 7) is 0. The number of alkyl halides is 3. The zero-order valence-electron chi connectivity index (χ0n) is 12.1. The first kappa shape index (κ1) is 14.9. The van der Waals surface area contributed by atoms with Crippen LogP contribution in [0.25, 0.3) is 0 Å². The van der Waals surface area contributed by atoms with Gasteiger partial charge in [-0.3, -0.25) is 0 Å². The van der Waals surface area contributed by atoms with Crippen LogP contribution < -0.4 is 5.73 Å². The minimum absolute atomic E-state index is 0.0612. The van der Waals surface area contributed by atoms with Crippen molar-refractivity contribution in [2.75, 3.05) is 0 Å². The number of hydrogen-bond donors (Lipinski definition) is 1. The maximum Gasteiger partial charge on any atom is 0.416 e. The van der Waals surface area contributed by atoms with E-state index in [4.69, 9.17) is 5.73 Å². The van der Waals surface area contributed by atoms with Crippen molar-refractivity contribution >= 4 is 0 Å². The first-order valence-corrected chi connectivity index (χ1v) is 7.83. The number of hydrogen-bond acceptors (Lipinski definition) is 1. The highest BCUT2D eigenvalue weighted by atomic mass is 19.4. The summed E-state index contributed by atoms with van der Waals surface area (Å²) < 4.78 is 37.5. The second-order valence-electron chi connectivity index (χ2n) is 6.83. The number of fused-ring (bicyclic) bond motifs is 2. The lowest BCUT2D eigenvalue weighted by Crippen LogP contribution is -2.28. The summed E-state index contributed by atoms with van der Waals surface area (Å²) in [6.07, 6.45) is 2.85. The molecular formula is C17H22F3N. The van der Waals surface area contributed by atoms with E-state index in [1.165, 1.54) is 25.7 Å². The second kappa shape index (κ2) is 5.64. The SMILES string of the molecule is NC(Cc1ccc(C(F)(F)F)cc1)CC1CC2CCC1C2. The predicted octanol–water partition coefficient (Wildman–Crippen LogP) is 4.40. The van der Waals surface area contributed by atoms with E-state index in [-0.39, 0.29) is 6.04 Å². The van der Waals surface area contributed by atoms with Gasteiger partial charge in [0.05, 0.1) is 5.56 Å². The van der Waals surface area contributed by atoms with Crippen LogP contribution in [-0.4, -0.2) is 6.04 Å². The molecule has 1 aromatic carbocycles. The van der Waals surface area contributed by atoms with Gasteiger partial charge in [-0.15, -0.1) is 0 Å². The van der Waals surface area contributed by atoms with Gasteiger partial charge < -0.3 is 5.73 Å². The van der Waals surface area contributed by atoms with Crippen molar-refractivity contribution in [1.29, 1.82) is 0 Å². The average Bonchev–Trinajstić information content (AvgIpc) is 3.00. The third-order valence-electron chi connectivity index (χ3n) is 5.27. The number of halogens is 3. The van der Waals surface area contributed by atoms with Crippen LogP contribution in [-0.2, 0) is 12.6 Å². The highest BCUT2D eigenvalue weighted by Gasteiger charge is 2.39. The third-order valence-corrected chi connectivity index (χ3v) is 5.27. The summed E-state index contributed by atoms with van der Waals surface area (Å²) >= 11 is 0. The fraction of sp³-hybridized carbons (Fsp3) is 0.647. The van der Waals surface area contributed by atoms with Crippen LogP contribution in [0.5, 0.6) is 0 Å². The van der Waals surface area contributed by atoms with Crippen molar-refractivity contribution in [2.24, 2.45) is 23.5 Å². The molecule has 2 bridgehead atoms. The Balaban J connectivity index is 1.54. The predicted molar refractivity (Wildman–Crippen MR) is 76.7 cm³/mol. The minimum Gasteiger partial charge on any atom is -0.327 e. The number of benzene rings is 1. The highest BCUT2D eigenvalue weighted by molar-refractivity contribution is 5.25. The van der Waals surface area contributed by atoms with Gasteiger partial charge in [0, 0.05) is 6.04 Å². The Morgan fingerprint density at radius 3 is 2.33 bits per heavy atom. The van der Waals surface area contributed by atoms with Crippen LogP contribution in [0, 0.1) is 17.8 Å². The molecule has 2 N–H and O–H groups in total. The standard InChI is InChI=1S/C17H22F3N/c18-17(19,20)15-5-2-11(3-6-15)9-16(21)10-14-8-12-1-4-13(14)7-12/h2-3,5-6,12-14,16H,1,4,7-10,21H2. The van der Waals surface area contributed by atoms with E-state index in [9.17, 15) is 13.2 Å². The smallest absolute Gasteiger partial charge is 0.327 e. The van der Waals surface area contributed by atoms with Crippen molar-refractivity contribution in [3.8, 4) is 0 Å². The second-order valence-corrected chi connectivity index (χ2v) is 6.83. The van der Waals surface area contributed by atoms with Crippen molar-refractivity contribution in [3.63, 3.8) is 0 Å². The van der Waals surface area contributed by atoms with Gasteiger partial charge in [0.25, 0.3) is 0 Å². The maximum absolute atomic E-state index is 12.5. The van der Waals surface area contributed by atoms with Gasteiger partial charge in [0.15, 0.2) is 0 Å². The minimum atomic E-state index is -4.26. The molecule has 4 unspecified atom stereocenters. The Bertz CT molecular complexity index is 480. The van der Waals surface area contributed by atoms with E-state index in [1.807, 2.05) is 0 Å². The molecule has 0 aromatic heterocycles. The number of rotatable bonds is 4. The molecule has 2 fully saturated rings. The molecule has 0 radical (unpaired) electrons. The molecule has 2 aliphatic rings. The molecule has 1 aromatic rings. The fourth-order valence-corrected chi connectivity index (χ4v) is 4.27. The number of nitrogens with two attached hydrogens (primary N) is 1. The van der Waals surface area contributed by atoms with E-state index in [0.29, 0.717) is 6.42 Å². The Morgan fingerprint density at radius 2 is 1.81 bits per heavy atom. The van der Waals surface area contributed by atoms with Gasteiger partial charge >= 0.3 is 6.18 Å². The van der Waals surface area contributed by atoms with E-state index in [0.717, 1.165) is 41.9 Å². The average molecular weight is 297 g/mol. The summed E-state index contributed by atoms with van der Waals surface area (Å²) in [5, 5.41) is 0. The molecule has 0 amide bonds. The van der Waals surface area contributed by atoms with Crippen molar-refractivity contribution in [3.05, 3.63) is 35.4 Å². The van der Waals surface area contributed by atoms with Crippen LogP contribution in [0.4, 0.5) is 13.2 Å². The monoisotopic (exact) mass is 297 g/mol. The summed E-state index contributed by atoms with van der Waals surface area (Å²) in [5.74, 6) is 2.51. The Labute approximate surface area is 123 Å². The molecule has 0 saturated heterocycles. The molecule has 0 spiro atoms. The molecule has 3 rings (SSSR count). The summed E-state index contributed by atoms with van der Waals surface area (Å²) in [7, 11) is 0. The van der Waals surface area contributed by atoms with Gasteiger partial charge in [-0.1, -0.05) is 18.6 Å². The topological polar surface area (TPSA) is 26.0 Å². The Hall–Kier alpha value is -1.03. The molecule has 1 nitrogen and oxygen atoms in total. The van der Waals surface area contributed by atoms with Crippen molar-refractivity contribution in [2.45, 2.75) is 50.7 Å². The van der Waals surface area contributed by atoms with Crippen LogP contribution in [0.3, 0.4) is 0 Å². The largest absolute Gasteiger partial charge is 0.416 e. The van der Waals surface area contributed by atoms with Crippen LogP contribution in [0.1, 0.15) is 43.2 Å². The van der Waals surface area contributed by atoms with Gasteiger partial charge in [-0.2, -0.15) is 13.2 Å². The molecule has 4 heteroatoms. The van der Waals surface area contributed by atoms with Gasteiger partial charge in [0.1, 0.15) is 0 Å². The third kappa shape index (κ3) is 3.42. The zero-order valence-corrected chi connectivity index (χ0v) is 12.1. The normalized spacial score (nSPS) is 29.8. The fourth-order valence-electron chi connectivity index (χ4n) is 4.27. The first-order valence-electron chi connectivity index (χ1n) is 7.83. The summed E-state index contributed by atoms with van der Waals surface area (Å²) in [4.78, 5) is 0. The lowest BCUT2D eigenvalue weighted by Gasteiger charge is -2.24.